The number of nitrogens with zero attached hydrogens (tertiary/aromatic N) is 2. The van der Waals surface area contributed by atoms with Crippen molar-refractivity contribution in [2.24, 2.45) is 0 Å². The number of thioether (sulfide) groups is 1. The van der Waals surface area contributed by atoms with Gasteiger partial charge in [-0.3, -0.25) is 9.59 Å². The zero-order valence-electron chi connectivity index (χ0n) is 15.9. The highest BCUT2D eigenvalue weighted by atomic mass is 32.2. The molecule has 2 aliphatic rings. The van der Waals surface area contributed by atoms with Gasteiger partial charge >= 0.3 is 0 Å². The minimum atomic E-state index is -0.0351. The molecule has 0 unspecified atom stereocenters. The maximum absolute atomic E-state index is 12.3. The summed E-state index contributed by atoms with van der Waals surface area (Å²) >= 11 is 1.56. The van der Waals surface area contributed by atoms with Crippen LogP contribution in [0.25, 0.3) is 0 Å². The van der Waals surface area contributed by atoms with Crippen LogP contribution in [0.2, 0.25) is 0 Å². The molecule has 1 saturated heterocycles. The number of para-hydroxylation sites is 1. The molecule has 2 aliphatic heterocycles. The quantitative estimate of drug-likeness (QED) is 0.814. The summed E-state index contributed by atoms with van der Waals surface area (Å²) in [5.74, 6) is 0.461. The Bertz CT molecular complexity index is 847. The first-order valence-electron chi connectivity index (χ1n) is 9.83. The van der Waals surface area contributed by atoms with Crippen LogP contribution >= 0.6 is 11.8 Å². The van der Waals surface area contributed by atoms with E-state index in [0.717, 1.165) is 29.2 Å². The molecule has 1 N–H and O–H groups in total. The zero-order chi connectivity index (χ0) is 19.3. The first-order valence-corrected chi connectivity index (χ1v) is 10.8. The van der Waals surface area contributed by atoms with E-state index in [1.807, 2.05) is 24.3 Å². The Morgan fingerprint density at radius 1 is 1.04 bits per heavy atom. The van der Waals surface area contributed by atoms with E-state index in [0.29, 0.717) is 25.3 Å². The average Bonchev–Trinajstić information content (AvgIpc) is 3.27. The van der Waals surface area contributed by atoms with E-state index in [9.17, 15) is 9.59 Å². The van der Waals surface area contributed by atoms with Gasteiger partial charge in [-0.05, 0) is 42.7 Å². The molecule has 28 heavy (non-hydrogen) atoms. The fourth-order valence-corrected chi connectivity index (χ4v) is 4.64. The van der Waals surface area contributed by atoms with Gasteiger partial charge in [-0.25, -0.2) is 0 Å². The molecule has 0 radical (unpaired) electrons. The molecule has 0 aromatic heterocycles. The van der Waals surface area contributed by atoms with Gasteiger partial charge in [0.1, 0.15) is 0 Å². The summed E-state index contributed by atoms with van der Waals surface area (Å²) in [4.78, 5) is 29.8. The second-order valence-corrected chi connectivity index (χ2v) is 8.21. The van der Waals surface area contributed by atoms with Crippen LogP contribution in [0, 0.1) is 0 Å². The summed E-state index contributed by atoms with van der Waals surface area (Å²) in [5.41, 5.74) is 3.26. The standard InChI is InChI=1S/C22H25N3O2S/c26-21(11-14-25-19-5-1-2-6-20(19)28-16-22(25)27)23-15-17-7-9-18(10-8-17)24-12-3-4-13-24/h1-2,5-10H,3-4,11-16H2,(H,23,26). The summed E-state index contributed by atoms with van der Waals surface area (Å²) < 4.78 is 0. The van der Waals surface area contributed by atoms with Gasteiger partial charge in [0.15, 0.2) is 0 Å². The molecule has 0 atom stereocenters. The smallest absolute Gasteiger partial charge is 0.237 e. The SMILES string of the molecule is O=C(CCN1C(=O)CSc2ccccc21)NCc1ccc(N2CCCC2)cc1. The highest BCUT2D eigenvalue weighted by molar-refractivity contribution is 8.00. The summed E-state index contributed by atoms with van der Waals surface area (Å²) in [6.07, 6.45) is 2.83. The van der Waals surface area contributed by atoms with Crippen LogP contribution in [0.5, 0.6) is 0 Å². The van der Waals surface area contributed by atoms with Crippen molar-refractivity contribution in [3.63, 3.8) is 0 Å². The van der Waals surface area contributed by atoms with E-state index in [-0.39, 0.29) is 11.8 Å². The number of nitrogens with one attached hydrogen (secondary N) is 1. The summed E-state index contributed by atoms with van der Waals surface area (Å²) in [5, 5.41) is 2.97. The zero-order valence-corrected chi connectivity index (χ0v) is 16.7. The van der Waals surface area contributed by atoms with Gasteiger partial charge in [-0.15, -0.1) is 11.8 Å². The van der Waals surface area contributed by atoms with Crippen molar-refractivity contribution < 1.29 is 9.59 Å². The molecule has 2 amide bonds. The lowest BCUT2D eigenvalue weighted by Crippen LogP contribution is -2.38. The van der Waals surface area contributed by atoms with E-state index in [1.54, 1.807) is 16.7 Å². The third-order valence-electron chi connectivity index (χ3n) is 5.27. The number of rotatable bonds is 6. The van der Waals surface area contributed by atoms with E-state index in [4.69, 9.17) is 0 Å². The molecule has 5 nitrogen and oxygen atoms in total. The van der Waals surface area contributed by atoms with Gasteiger partial charge in [0.2, 0.25) is 11.8 Å². The van der Waals surface area contributed by atoms with Crippen LogP contribution in [0.4, 0.5) is 11.4 Å². The van der Waals surface area contributed by atoms with E-state index in [2.05, 4.69) is 34.5 Å². The Balaban J connectivity index is 1.27. The number of amides is 2. The predicted octanol–water partition coefficient (Wildman–Crippen LogP) is 3.43. The second-order valence-electron chi connectivity index (χ2n) is 7.19. The summed E-state index contributed by atoms with van der Waals surface area (Å²) in [7, 11) is 0. The summed E-state index contributed by atoms with van der Waals surface area (Å²) in [6.45, 7) is 3.19. The molecule has 0 aliphatic carbocycles. The highest BCUT2D eigenvalue weighted by Gasteiger charge is 2.24. The molecule has 2 aromatic carbocycles. The van der Waals surface area contributed by atoms with Crippen LogP contribution < -0.4 is 15.1 Å². The average molecular weight is 396 g/mol. The van der Waals surface area contributed by atoms with Gasteiger partial charge < -0.3 is 15.1 Å². The van der Waals surface area contributed by atoms with Crippen molar-refractivity contribution in [2.45, 2.75) is 30.7 Å². The Labute approximate surface area is 170 Å². The topological polar surface area (TPSA) is 52.7 Å². The van der Waals surface area contributed by atoms with Crippen molar-refractivity contribution in [1.82, 2.24) is 5.32 Å². The highest BCUT2D eigenvalue weighted by Crippen LogP contribution is 2.34. The van der Waals surface area contributed by atoms with Gasteiger partial charge in [0.05, 0.1) is 11.4 Å². The number of carbonyl (C=O) groups is 2. The van der Waals surface area contributed by atoms with E-state index in [1.165, 1.54) is 18.5 Å². The fourth-order valence-electron chi connectivity index (χ4n) is 3.70. The lowest BCUT2D eigenvalue weighted by Gasteiger charge is -2.28. The first kappa shape index (κ1) is 18.9. The Kier molecular flexibility index (Phi) is 5.86. The third-order valence-corrected chi connectivity index (χ3v) is 6.32. The summed E-state index contributed by atoms with van der Waals surface area (Å²) in [6, 6.07) is 16.3. The van der Waals surface area contributed by atoms with Crippen LogP contribution in [0.1, 0.15) is 24.8 Å². The molecule has 2 aromatic rings. The maximum atomic E-state index is 12.3. The van der Waals surface area contributed by atoms with Crippen LogP contribution in [-0.2, 0) is 16.1 Å². The van der Waals surface area contributed by atoms with Crippen LogP contribution in [0.15, 0.2) is 53.4 Å². The van der Waals surface area contributed by atoms with Crippen LogP contribution in [0.3, 0.4) is 0 Å². The molecule has 0 spiro atoms. The molecule has 4 rings (SSSR count). The van der Waals surface area contributed by atoms with E-state index >= 15 is 0 Å². The third kappa shape index (κ3) is 4.33. The minimum Gasteiger partial charge on any atom is -0.372 e. The normalized spacial score (nSPS) is 16.2. The number of hydrogen-bond donors (Lipinski definition) is 1. The van der Waals surface area contributed by atoms with Crippen molar-refractivity contribution in [2.75, 3.05) is 35.2 Å². The number of anilines is 2. The van der Waals surface area contributed by atoms with Gasteiger partial charge in [0, 0.05) is 43.2 Å². The fraction of sp³-hybridized carbons (Fsp3) is 0.364. The van der Waals surface area contributed by atoms with Gasteiger partial charge in [-0.1, -0.05) is 24.3 Å². The van der Waals surface area contributed by atoms with Crippen molar-refractivity contribution in [1.29, 1.82) is 0 Å². The number of benzene rings is 2. The molecular formula is C22H25N3O2S. The van der Waals surface area contributed by atoms with Crippen molar-refractivity contribution >= 4 is 35.0 Å². The molecule has 0 saturated carbocycles. The minimum absolute atomic E-state index is 0.0351. The molecular weight excluding hydrogens is 370 g/mol. The van der Waals surface area contributed by atoms with Gasteiger partial charge in [0.25, 0.3) is 0 Å². The number of carbonyl (C=O) groups excluding carboxylic acids is 2. The lowest BCUT2D eigenvalue weighted by atomic mass is 10.2. The predicted molar refractivity (Wildman–Crippen MR) is 114 cm³/mol. The van der Waals surface area contributed by atoms with Crippen molar-refractivity contribution in [3.8, 4) is 0 Å². The Morgan fingerprint density at radius 2 is 1.79 bits per heavy atom. The number of fused-ring (bicyclic) bond motifs is 1. The number of hydrogen-bond acceptors (Lipinski definition) is 4. The van der Waals surface area contributed by atoms with Crippen LogP contribution in [-0.4, -0.2) is 37.2 Å². The Morgan fingerprint density at radius 3 is 2.57 bits per heavy atom. The van der Waals surface area contributed by atoms with Crippen molar-refractivity contribution in [3.05, 3.63) is 54.1 Å². The molecule has 146 valence electrons. The lowest BCUT2D eigenvalue weighted by molar-refractivity contribution is -0.121. The monoisotopic (exact) mass is 395 g/mol. The molecule has 0 bridgehead atoms. The largest absolute Gasteiger partial charge is 0.372 e. The second kappa shape index (κ2) is 8.69. The molecule has 6 heteroatoms. The molecule has 1 fully saturated rings. The first-order chi connectivity index (χ1) is 13.7. The van der Waals surface area contributed by atoms with Gasteiger partial charge in [-0.2, -0.15) is 0 Å². The molecule has 2 heterocycles. The Hall–Kier alpha value is -2.47. The van der Waals surface area contributed by atoms with E-state index < -0.39 is 0 Å². The maximum Gasteiger partial charge on any atom is 0.237 e.